The first-order valence-electron chi connectivity index (χ1n) is 7.24. The van der Waals surface area contributed by atoms with Crippen molar-refractivity contribution in [1.29, 1.82) is 0 Å². The van der Waals surface area contributed by atoms with Gasteiger partial charge in [-0.3, -0.25) is 4.79 Å². The number of aromatic nitrogens is 2. The standard InChI is InChI=1S/C15H18BrN3O2/c1-2-21-14(20)10-5-7-19(8-6-10)15-17-12-4-3-11(16)9-13(12)18-15/h3-4,9-10H,2,5-8H2,1H3,(H,17,18). The largest absolute Gasteiger partial charge is 0.466 e. The monoisotopic (exact) mass is 351 g/mol. The lowest BCUT2D eigenvalue weighted by molar-refractivity contribution is -0.148. The molecule has 2 heterocycles. The van der Waals surface area contributed by atoms with Crippen LogP contribution in [0.3, 0.4) is 0 Å². The summed E-state index contributed by atoms with van der Waals surface area (Å²) in [4.78, 5) is 21.9. The lowest BCUT2D eigenvalue weighted by atomic mass is 9.97. The van der Waals surface area contributed by atoms with E-state index in [2.05, 4.69) is 30.8 Å². The molecule has 0 atom stereocenters. The van der Waals surface area contributed by atoms with E-state index >= 15 is 0 Å². The fourth-order valence-electron chi connectivity index (χ4n) is 2.71. The summed E-state index contributed by atoms with van der Waals surface area (Å²) in [6.07, 6.45) is 1.64. The third-order valence-corrected chi connectivity index (χ3v) is 4.34. The van der Waals surface area contributed by atoms with E-state index in [-0.39, 0.29) is 11.9 Å². The van der Waals surface area contributed by atoms with Gasteiger partial charge in [0.05, 0.1) is 23.6 Å². The van der Waals surface area contributed by atoms with Gasteiger partial charge in [-0.1, -0.05) is 15.9 Å². The van der Waals surface area contributed by atoms with Crippen LogP contribution in [0.5, 0.6) is 0 Å². The molecule has 1 fully saturated rings. The topological polar surface area (TPSA) is 58.2 Å². The van der Waals surface area contributed by atoms with Crippen LogP contribution < -0.4 is 4.90 Å². The molecular weight excluding hydrogens is 334 g/mol. The van der Waals surface area contributed by atoms with Gasteiger partial charge in [0.1, 0.15) is 0 Å². The Kier molecular flexibility index (Phi) is 4.14. The third kappa shape index (κ3) is 3.05. The Morgan fingerprint density at radius 2 is 2.24 bits per heavy atom. The fourth-order valence-corrected chi connectivity index (χ4v) is 3.07. The summed E-state index contributed by atoms with van der Waals surface area (Å²) >= 11 is 3.46. The predicted molar refractivity (Wildman–Crippen MR) is 85.4 cm³/mol. The Morgan fingerprint density at radius 3 is 2.95 bits per heavy atom. The molecule has 1 aliphatic heterocycles. The highest BCUT2D eigenvalue weighted by molar-refractivity contribution is 9.10. The van der Waals surface area contributed by atoms with E-state index in [9.17, 15) is 4.79 Å². The van der Waals surface area contributed by atoms with Gasteiger partial charge in [0.15, 0.2) is 0 Å². The number of ether oxygens (including phenoxy) is 1. The van der Waals surface area contributed by atoms with Crippen molar-refractivity contribution in [3.05, 3.63) is 22.7 Å². The van der Waals surface area contributed by atoms with E-state index in [1.54, 1.807) is 0 Å². The van der Waals surface area contributed by atoms with E-state index < -0.39 is 0 Å². The normalized spacial score (nSPS) is 16.4. The number of nitrogens with zero attached hydrogens (tertiary/aromatic N) is 2. The number of carbonyl (C=O) groups excluding carboxylic acids is 1. The molecule has 1 aromatic heterocycles. The minimum absolute atomic E-state index is 0.0275. The highest BCUT2D eigenvalue weighted by Crippen LogP contribution is 2.25. The number of hydrogen-bond acceptors (Lipinski definition) is 4. The Hall–Kier alpha value is -1.56. The maximum atomic E-state index is 11.8. The average molecular weight is 352 g/mol. The Morgan fingerprint density at radius 1 is 1.48 bits per heavy atom. The highest BCUT2D eigenvalue weighted by Gasteiger charge is 2.27. The van der Waals surface area contributed by atoms with Crippen molar-refractivity contribution < 1.29 is 9.53 Å². The first kappa shape index (κ1) is 14.4. The molecule has 2 aromatic rings. The number of anilines is 1. The van der Waals surface area contributed by atoms with Gasteiger partial charge in [-0.05, 0) is 38.0 Å². The maximum absolute atomic E-state index is 11.8. The number of aromatic amines is 1. The van der Waals surface area contributed by atoms with Gasteiger partial charge >= 0.3 is 5.97 Å². The van der Waals surface area contributed by atoms with Crippen LogP contribution in [-0.4, -0.2) is 35.6 Å². The minimum atomic E-state index is -0.0642. The van der Waals surface area contributed by atoms with Crippen LogP contribution in [-0.2, 0) is 9.53 Å². The molecule has 0 saturated carbocycles. The Labute approximate surface area is 131 Å². The lowest BCUT2D eigenvalue weighted by Gasteiger charge is -2.30. The Balaban J connectivity index is 1.69. The second-order valence-corrected chi connectivity index (χ2v) is 6.15. The van der Waals surface area contributed by atoms with Crippen LogP contribution >= 0.6 is 15.9 Å². The van der Waals surface area contributed by atoms with Crippen molar-refractivity contribution >= 4 is 38.9 Å². The number of halogens is 1. The smallest absolute Gasteiger partial charge is 0.309 e. The summed E-state index contributed by atoms with van der Waals surface area (Å²) in [6, 6.07) is 6.00. The van der Waals surface area contributed by atoms with Gasteiger partial charge in [0.2, 0.25) is 5.95 Å². The molecule has 0 amide bonds. The molecule has 3 rings (SSSR count). The quantitative estimate of drug-likeness (QED) is 0.863. The number of fused-ring (bicyclic) bond motifs is 1. The van der Waals surface area contributed by atoms with Gasteiger partial charge < -0.3 is 14.6 Å². The molecule has 0 aliphatic carbocycles. The molecule has 5 nitrogen and oxygen atoms in total. The molecule has 6 heteroatoms. The van der Waals surface area contributed by atoms with Gasteiger partial charge in [-0.15, -0.1) is 0 Å². The predicted octanol–water partition coefficient (Wildman–Crippen LogP) is 3.10. The lowest BCUT2D eigenvalue weighted by Crippen LogP contribution is -2.37. The van der Waals surface area contributed by atoms with Crippen LogP contribution in [0.25, 0.3) is 11.0 Å². The molecule has 112 valence electrons. The number of nitrogens with one attached hydrogen (secondary N) is 1. The second kappa shape index (κ2) is 6.05. The summed E-state index contributed by atoms with van der Waals surface area (Å²) in [6.45, 7) is 3.95. The molecule has 1 aromatic carbocycles. The van der Waals surface area contributed by atoms with Crippen LogP contribution in [0.15, 0.2) is 22.7 Å². The molecule has 1 saturated heterocycles. The zero-order valence-electron chi connectivity index (χ0n) is 11.9. The summed E-state index contributed by atoms with van der Waals surface area (Å²) in [5, 5.41) is 0. The van der Waals surface area contributed by atoms with Crippen molar-refractivity contribution in [3.8, 4) is 0 Å². The third-order valence-electron chi connectivity index (χ3n) is 3.85. The first-order chi connectivity index (χ1) is 10.2. The van der Waals surface area contributed by atoms with Crippen LogP contribution in [0.4, 0.5) is 5.95 Å². The summed E-state index contributed by atoms with van der Waals surface area (Å²) in [7, 11) is 0. The maximum Gasteiger partial charge on any atom is 0.309 e. The number of H-pyrrole nitrogens is 1. The number of hydrogen-bond donors (Lipinski definition) is 1. The van der Waals surface area contributed by atoms with Gasteiger partial charge in [-0.25, -0.2) is 4.98 Å². The van der Waals surface area contributed by atoms with Gasteiger partial charge in [0.25, 0.3) is 0 Å². The summed E-state index contributed by atoms with van der Waals surface area (Å²) < 4.78 is 6.13. The van der Waals surface area contributed by atoms with Crippen molar-refractivity contribution in [1.82, 2.24) is 9.97 Å². The van der Waals surface area contributed by atoms with E-state index in [0.717, 1.165) is 47.4 Å². The number of imidazole rings is 1. The Bertz CT molecular complexity index is 647. The molecule has 0 spiro atoms. The molecular formula is C15H18BrN3O2. The minimum Gasteiger partial charge on any atom is -0.466 e. The summed E-state index contributed by atoms with van der Waals surface area (Å²) in [5.74, 6) is 0.843. The second-order valence-electron chi connectivity index (χ2n) is 5.24. The molecule has 1 aliphatic rings. The molecule has 0 radical (unpaired) electrons. The van der Waals surface area contributed by atoms with Crippen LogP contribution in [0.1, 0.15) is 19.8 Å². The molecule has 21 heavy (non-hydrogen) atoms. The highest BCUT2D eigenvalue weighted by atomic mass is 79.9. The van der Waals surface area contributed by atoms with Crippen molar-refractivity contribution in [2.24, 2.45) is 5.92 Å². The molecule has 0 bridgehead atoms. The average Bonchev–Trinajstić information content (AvgIpc) is 2.90. The number of esters is 1. The summed E-state index contributed by atoms with van der Waals surface area (Å²) in [5.41, 5.74) is 1.98. The van der Waals surface area contributed by atoms with E-state index in [1.165, 1.54) is 0 Å². The fraction of sp³-hybridized carbons (Fsp3) is 0.467. The molecule has 0 unspecified atom stereocenters. The number of benzene rings is 1. The zero-order valence-corrected chi connectivity index (χ0v) is 13.5. The zero-order chi connectivity index (χ0) is 14.8. The number of rotatable bonds is 3. The van der Waals surface area contributed by atoms with Crippen LogP contribution in [0, 0.1) is 5.92 Å². The van der Waals surface area contributed by atoms with Crippen molar-refractivity contribution in [2.45, 2.75) is 19.8 Å². The number of carbonyl (C=O) groups is 1. The first-order valence-corrected chi connectivity index (χ1v) is 8.03. The van der Waals surface area contributed by atoms with Gasteiger partial charge in [-0.2, -0.15) is 0 Å². The van der Waals surface area contributed by atoms with E-state index in [4.69, 9.17) is 4.74 Å². The van der Waals surface area contributed by atoms with E-state index in [1.807, 2.05) is 25.1 Å². The van der Waals surface area contributed by atoms with Crippen molar-refractivity contribution in [2.75, 3.05) is 24.6 Å². The van der Waals surface area contributed by atoms with Crippen molar-refractivity contribution in [3.63, 3.8) is 0 Å². The van der Waals surface area contributed by atoms with Crippen LogP contribution in [0.2, 0.25) is 0 Å². The number of piperidine rings is 1. The van der Waals surface area contributed by atoms with E-state index in [0.29, 0.717) is 6.61 Å². The van der Waals surface area contributed by atoms with Gasteiger partial charge in [0, 0.05) is 17.6 Å². The molecule has 1 N–H and O–H groups in total. The SMILES string of the molecule is CCOC(=O)C1CCN(c2nc3ccc(Br)cc3[nH]2)CC1.